The van der Waals surface area contributed by atoms with Crippen LogP contribution in [0.25, 0.3) is 0 Å². The summed E-state index contributed by atoms with van der Waals surface area (Å²) >= 11 is 0. The maximum atomic E-state index is 5.69. The molecule has 0 atom stereocenters. The van der Waals surface area contributed by atoms with Gasteiger partial charge in [-0.25, -0.2) is 4.99 Å². The van der Waals surface area contributed by atoms with E-state index in [1.807, 2.05) is 31.2 Å². The molecule has 1 aromatic rings. The third kappa shape index (κ3) is 9.17. The summed E-state index contributed by atoms with van der Waals surface area (Å²) in [5.41, 5.74) is 6.68. The highest BCUT2D eigenvalue weighted by molar-refractivity contribution is 14.0. The van der Waals surface area contributed by atoms with Crippen LogP contribution in [0.1, 0.15) is 13.3 Å². The van der Waals surface area contributed by atoms with Crippen LogP contribution in [-0.4, -0.2) is 32.8 Å². The normalized spacial score (nSPS) is 10.5. The summed E-state index contributed by atoms with van der Waals surface area (Å²) in [5, 5.41) is 3.03. The Bertz CT molecular complexity index is 464. The lowest BCUT2D eigenvalue weighted by atomic mass is 10.3. The van der Waals surface area contributed by atoms with Crippen molar-refractivity contribution in [3.8, 4) is 11.5 Å². The van der Waals surface area contributed by atoms with Crippen molar-refractivity contribution in [3.05, 3.63) is 36.4 Å². The van der Waals surface area contributed by atoms with Gasteiger partial charge in [0.15, 0.2) is 5.96 Å². The predicted octanol–water partition coefficient (Wildman–Crippen LogP) is 2.56. The fourth-order valence-electron chi connectivity index (χ4n) is 1.45. The van der Waals surface area contributed by atoms with Gasteiger partial charge in [-0.3, -0.25) is 0 Å². The summed E-state index contributed by atoms with van der Waals surface area (Å²) in [4.78, 5) is 4.13. The number of rotatable bonds is 8. The maximum Gasteiger partial charge on any atom is 0.188 e. The van der Waals surface area contributed by atoms with Crippen LogP contribution in [0.15, 0.2) is 41.4 Å². The highest BCUT2D eigenvalue weighted by Gasteiger charge is 1.97. The molecule has 6 heteroatoms. The zero-order chi connectivity index (χ0) is 14.8. The molecule has 118 valence electrons. The lowest BCUT2D eigenvalue weighted by molar-refractivity contribution is 0.308. The number of hydrogen-bond acceptors (Lipinski definition) is 3. The second-order valence-electron chi connectivity index (χ2n) is 4.47. The molecule has 5 nitrogen and oxygen atoms in total. The summed E-state index contributed by atoms with van der Waals surface area (Å²) in [6, 6.07) is 7.54. The smallest absolute Gasteiger partial charge is 0.188 e. The summed E-state index contributed by atoms with van der Waals surface area (Å²) in [7, 11) is 1.64. The fraction of sp³-hybridized carbons (Fsp3) is 0.400. The van der Waals surface area contributed by atoms with Crippen molar-refractivity contribution < 1.29 is 9.47 Å². The van der Waals surface area contributed by atoms with E-state index in [2.05, 4.69) is 16.9 Å². The van der Waals surface area contributed by atoms with Gasteiger partial charge < -0.3 is 20.5 Å². The van der Waals surface area contributed by atoms with Crippen molar-refractivity contribution in [2.75, 3.05) is 26.8 Å². The second kappa shape index (κ2) is 11.2. The number of nitrogens with one attached hydrogen (secondary N) is 1. The van der Waals surface area contributed by atoms with Crippen LogP contribution in [0.2, 0.25) is 0 Å². The van der Waals surface area contributed by atoms with Gasteiger partial charge in [-0.05, 0) is 25.5 Å². The van der Waals surface area contributed by atoms with E-state index < -0.39 is 0 Å². The molecule has 3 N–H and O–H groups in total. The van der Waals surface area contributed by atoms with Crippen molar-refractivity contribution in [1.29, 1.82) is 0 Å². The fourth-order valence-corrected chi connectivity index (χ4v) is 1.45. The van der Waals surface area contributed by atoms with Gasteiger partial charge in [-0.15, -0.1) is 24.0 Å². The van der Waals surface area contributed by atoms with Crippen LogP contribution >= 0.6 is 24.0 Å². The molecular weight excluding hydrogens is 381 g/mol. The summed E-state index contributed by atoms with van der Waals surface area (Å²) < 4.78 is 10.7. The number of methoxy groups -OCH3 is 1. The van der Waals surface area contributed by atoms with Gasteiger partial charge in [-0.1, -0.05) is 18.2 Å². The number of aliphatic imine (C=N–C) groups is 1. The maximum absolute atomic E-state index is 5.69. The third-order valence-electron chi connectivity index (χ3n) is 2.46. The molecular formula is C15H24IN3O2. The standard InChI is InChI=1S/C15H23N3O2.HI/c1-12(2)11-18-15(16)17-8-5-9-20-14-7-4-6-13(10-14)19-3;/h4,6-7,10H,1,5,8-9,11H2,2-3H3,(H3,16,17,18);1H. The first-order valence-electron chi connectivity index (χ1n) is 6.57. The van der Waals surface area contributed by atoms with Gasteiger partial charge >= 0.3 is 0 Å². The quantitative estimate of drug-likeness (QED) is 0.229. The molecule has 0 fully saturated rings. The topological polar surface area (TPSA) is 68.9 Å². The molecule has 21 heavy (non-hydrogen) atoms. The molecule has 1 aromatic carbocycles. The van der Waals surface area contributed by atoms with Gasteiger partial charge in [0, 0.05) is 12.6 Å². The van der Waals surface area contributed by atoms with Gasteiger partial charge in [0.2, 0.25) is 0 Å². The van der Waals surface area contributed by atoms with E-state index in [4.69, 9.17) is 15.2 Å². The van der Waals surface area contributed by atoms with E-state index in [1.54, 1.807) is 7.11 Å². The molecule has 0 aliphatic rings. The molecule has 0 aromatic heterocycles. The van der Waals surface area contributed by atoms with E-state index in [-0.39, 0.29) is 24.0 Å². The average molecular weight is 405 g/mol. The highest BCUT2D eigenvalue weighted by atomic mass is 127. The number of ether oxygens (including phenoxy) is 2. The highest BCUT2D eigenvalue weighted by Crippen LogP contribution is 2.18. The minimum Gasteiger partial charge on any atom is -0.497 e. The van der Waals surface area contributed by atoms with Crippen LogP contribution in [0.3, 0.4) is 0 Å². The number of hydrogen-bond donors (Lipinski definition) is 2. The Hall–Kier alpha value is -1.44. The first kappa shape index (κ1) is 19.6. The zero-order valence-corrected chi connectivity index (χ0v) is 14.9. The van der Waals surface area contributed by atoms with Gasteiger partial charge in [-0.2, -0.15) is 0 Å². The summed E-state index contributed by atoms with van der Waals surface area (Å²) in [5.74, 6) is 2.03. The average Bonchev–Trinajstić information content (AvgIpc) is 2.45. The molecule has 0 bridgehead atoms. The number of halogens is 1. The molecule has 0 amide bonds. The molecule has 1 rings (SSSR count). The third-order valence-corrected chi connectivity index (χ3v) is 2.46. The predicted molar refractivity (Wildman–Crippen MR) is 97.8 cm³/mol. The Labute approximate surface area is 143 Å². The second-order valence-corrected chi connectivity index (χ2v) is 4.47. The molecule has 0 heterocycles. The van der Waals surface area contributed by atoms with Crippen LogP contribution in [0, 0.1) is 0 Å². The van der Waals surface area contributed by atoms with E-state index in [0.717, 1.165) is 30.0 Å². The number of nitrogens with two attached hydrogens (primary N) is 1. The van der Waals surface area contributed by atoms with Crippen LogP contribution in [-0.2, 0) is 0 Å². The Kier molecular flexibility index (Phi) is 10.5. The number of benzene rings is 1. The zero-order valence-electron chi connectivity index (χ0n) is 12.6. The SMILES string of the molecule is C=C(C)CN=C(N)NCCCOc1cccc(OC)c1.I. The molecule has 0 spiro atoms. The van der Waals surface area contributed by atoms with E-state index in [0.29, 0.717) is 19.1 Å². The molecule has 0 saturated heterocycles. The van der Waals surface area contributed by atoms with E-state index >= 15 is 0 Å². The summed E-state index contributed by atoms with van der Waals surface area (Å²) in [6.45, 7) is 7.56. The van der Waals surface area contributed by atoms with Crippen molar-refractivity contribution in [1.82, 2.24) is 5.32 Å². The first-order valence-corrected chi connectivity index (χ1v) is 6.57. The molecule has 0 aliphatic heterocycles. The Morgan fingerprint density at radius 3 is 2.76 bits per heavy atom. The van der Waals surface area contributed by atoms with E-state index in [9.17, 15) is 0 Å². The van der Waals surface area contributed by atoms with Crippen LogP contribution < -0.4 is 20.5 Å². The molecule has 0 unspecified atom stereocenters. The van der Waals surface area contributed by atoms with Crippen molar-refractivity contribution >= 4 is 29.9 Å². The van der Waals surface area contributed by atoms with E-state index in [1.165, 1.54) is 0 Å². The number of guanidine groups is 1. The lowest BCUT2D eigenvalue weighted by Crippen LogP contribution is -2.33. The Morgan fingerprint density at radius 1 is 1.38 bits per heavy atom. The van der Waals surface area contributed by atoms with Gasteiger partial charge in [0.25, 0.3) is 0 Å². The van der Waals surface area contributed by atoms with Crippen molar-refractivity contribution in [2.45, 2.75) is 13.3 Å². The van der Waals surface area contributed by atoms with Crippen LogP contribution in [0.5, 0.6) is 11.5 Å². The van der Waals surface area contributed by atoms with Gasteiger partial charge in [0.1, 0.15) is 11.5 Å². The monoisotopic (exact) mass is 405 g/mol. The lowest BCUT2D eigenvalue weighted by Gasteiger charge is -2.08. The van der Waals surface area contributed by atoms with Crippen molar-refractivity contribution in [2.24, 2.45) is 10.7 Å². The first-order chi connectivity index (χ1) is 9.61. The molecule has 0 saturated carbocycles. The Balaban J connectivity index is 0.00000400. The largest absolute Gasteiger partial charge is 0.497 e. The number of nitrogens with zero attached hydrogens (tertiary/aromatic N) is 1. The Morgan fingerprint density at radius 2 is 2.10 bits per heavy atom. The minimum absolute atomic E-state index is 0. The molecule has 0 aliphatic carbocycles. The molecule has 0 radical (unpaired) electrons. The summed E-state index contributed by atoms with van der Waals surface area (Å²) in [6.07, 6.45) is 0.834. The van der Waals surface area contributed by atoms with Gasteiger partial charge in [0.05, 0.1) is 20.3 Å². The van der Waals surface area contributed by atoms with Crippen molar-refractivity contribution in [3.63, 3.8) is 0 Å². The minimum atomic E-state index is 0. The van der Waals surface area contributed by atoms with Crippen LogP contribution in [0.4, 0.5) is 0 Å².